The number of aliphatic hydroxyl groups excluding tert-OH is 1. The zero-order chi connectivity index (χ0) is 27.2. The molecule has 0 aliphatic heterocycles. The Morgan fingerprint density at radius 3 is 2.50 bits per heavy atom. The third-order valence-electron chi connectivity index (χ3n) is 6.42. The Bertz CT molecular complexity index is 1030. The third-order valence-corrected chi connectivity index (χ3v) is 6.42. The fourth-order valence-electron chi connectivity index (χ4n) is 4.45. The van der Waals surface area contributed by atoms with E-state index in [1.807, 2.05) is 30.3 Å². The van der Waals surface area contributed by atoms with E-state index in [1.165, 1.54) is 24.2 Å². The minimum atomic E-state index is -0.591. The smallest absolute Gasteiger partial charge is 0.239 e. The van der Waals surface area contributed by atoms with Gasteiger partial charge >= 0.3 is 0 Å². The summed E-state index contributed by atoms with van der Waals surface area (Å²) in [5.41, 5.74) is 6.77. The van der Waals surface area contributed by atoms with Crippen molar-refractivity contribution in [3.63, 3.8) is 0 Å². The Kier molecular flexibility index (Phi) is 11.9. The molecule has 0 spiro atoms. The molecule has 3 amide bonds. The van der Waals surface area contributed by atoms with E-state index in [-0.39, 0.29) is 57.8 Å². The summed E-state index contributed by atoms with van der Waals surface area (Å²) in [6.45, 7) is 0.255. The summed E-state index contributed by atoms with van der Waals surface area (Å²) >= 11 is 0. The molecule has 2 heterocycles. The lowest BCUT2D eigenvalue weighted by Gasteiger charge is -2.27. The van der Waals surface area contributed by atoms with Crippen molar-refractivity contribution in [1.29, 1.82) is 0 Å². The van der Waals surface area contributed by atoms with Crippen LogP contribution in [-0.2, 0) is 14.4 Å². The molecule has 1 saturated carbocycles. The Labute approximate surface area is 223 Å². The fraction of sp³-hybridized carbons (Fsp3) is 0.519. The van der Waals surface area contributed by atoms with E-state index >= 15 is 0 Å². The second kappa shape index (κ2) is 15.6. The number of carbonyl (C=O) groups is 3. The number of nitrogens with zero attached hydrogens (tertiary/aromatic N) is 4. The minimum Gasteiger partial charge on any atom is -0.476 e. The van der Waals surface area contributed by atoms with Crippen molar-refractivity contribution in [2.75, 3.05) is 52.5 Å². The van der Waals surface area contributed by atoms with E-state index in [0.29, 0.717) is 29.7 Å². The Morgan fingerprint density at radius 1 is 1.00 bits per heavy atom. The molecule has 0 radical (unpaired) electrons. The van der Waals surface area contributed by atoms with Gasteiger partial charge in [-0.3, -0.25) is 24.3 Å². The lowest BCUT2D eigenvalue weighted by molar-refractivity contribution is -0.138. The second-order valence-electron chi connectivity index (χ2n) is 9.45. The molecular formula is C27H38N6O5. The van der Waals surface area contributed by atoms with Crippen LogP contribution in [0.15, 0.2) is 42.6 Å². The molecule has 1 aliphatic rings. The average molecular weight is 527 g/mol. The molecule has 206 valence electrons. The van der Waals surface area contributed by atoms with Crippen molar-refractivity contribution < 1.29 is 24.2 Å². The number of aromatic nitrogens is 2. The van der Waals surface area contributed by atoms with Gasteiger partial charge in [0.1, 0.15) is 6.61 Å². The summed E-state index contributed by atoms with van der Waals surface area (Å²) in [7, 11) is 0. The second-order valence-corrected chi connectivity index (χ2v) is 9.45. The Morgan fingerprint density at radius 2 is 1.79 bits per heavy atom. The molecule has 1 aliphatic carbocycles. The lowest BCUT2D eigenvalue weighted by Crippen LogP contribution is -2.48. The maximum atomic E-state index is 13.0. The zero-order valence-corrected chi connectivity index (χ0v) is 21.8. The van der Waals surface area contributed by atoms with Gasteiger partial charge in [0, 0.05) is 31.9 Å². The van der Waals surface area contributed by atoms with Gasteiger partial charge in [0.25, 0.3) is 0 Å². The number of carbonyl (C=O) groups excluding carboxylic acids is 3. The van der Waals surface area contributed by atoms with Gasteiger partial charge in [-0.1, -0.05) is 31.4 Å². The highest BCUT2D eigenvalue weighted by Crippen LogP contribution is 2.22. The van der Waals surface area contributed by atoms with Gasteiger partial charge in [-0.25, -0.2) is 4.98 Å². The Balaban J connectivity index is 1.51. The van der Waals surface area contributed by atoms with E-state index in [9.17, 15) is 19.5 Å². The normalized spacial score (nSPS) is 13.7. The van der Waals surface area contributed by atoms with Crippen molar-refractivity contribution in [2.45, 2.75) is 32.1 Å². The van der Waals surface area contributed by atoms with Gasteiger partial charge in [-0.2, -0.15) is 0 Å². The molecule has 0 aromatic carbocycles. The van der Waals surface area contributed by atoms with Gasteiger partial charge < -0.3 is 25.8 Å². The first-order chi connectivity index (χ1) is 18.4. The van der Waals surface area contributed by atoms with Crippen LogP contribution in [0.3, 0.4) is 0 Å². The van der Waals surface area contributed by atoms with E-state index in [4.69, 9.17) is 10.5 Å². The van der Waals surface area contributed by atoms with Gasteiger partial charge in [0.15, 0.2) is 0 Å². The molecule has 0 bridgehead atoms. The molecule has 11 nitrogen and oxygen atoms in total. The van der Waals surface area contributed by atoms with E-state index in [0.717, 1.165) is 12.8 Å². The number of aliphatic hydroxyl groups is 1. The van der Waals surface area contributed by atoms with Crippen LogP contribution in [0.5, 0.6) is 5.88 Å². The van der Waals surface area contributed by atoms with Crippen LogP contribution in [0.25, 0.3) is 11.4 Å². The molecule has 0 unspecified atom stereocenters. The Hall–Kier alpha value is -3.57. The molecule has 0 saturated heterocycles. The van der Waals surface area contributed by atoms with Gasteiger partial charge in [-0.15, -0.1) is 0 Å². The third kappa shape index (κ3) is 10.1. The number of nitrogens with one attached hydrogen (secondary N) is 1. The molecule has 2 aromatic rings. The van der Waals surface area contributed by atoms with Crippen molar-refractivity contribution >= 4 is 17.7 Å². The summed E-state index contributed by atoms with van der Waals surface area (Å²) in [6, 6.07) is 10.9. The van der Waals surface area contributed by atoms with Gasteiger partial charge in [-0.05, 0) is 37.0 Å². The van der Waals surface area contributed by atoms with Crippen molar-refractivity contribution in [3.8, 4) is 17.3 Å². The molecule has 1 fully saturated rings. The molecule has 2 aromatic heterocycles. The number of amides is 3. The van der Waals surface area contributed by atoms with Crippen LogP contribution in [-0.4, -0.2) is 95.1 Å². The number of ether oxygens (including phenoxy) is 1. The maximum Gasteiger partial charge on any atom is 0.239 e. The average Bonchev–Trinajstić information content (AvgIpc) is 2.92. The molecule has 0 atom stereocenters. The van der Waals surface area contributed by atoms with E-state index in [2.05, 4.69) is 15.3 Å². The summed E-state index contributed by atoms with van der Waals surface area (Å²) in [5.74, 6) is -0.383. The monoisotopic (exact) mass is 526 g/mol. The van der Waals surface area contributed by atoms with Gasteiger partial charge in [0.2, 0.25) is 23.6 Å². The van der Waals surface area contributed by atoms with Crippen LogP contribution >= 0.6 is 0 Å². The van der Waals surface area contributed by atoms with Crippen LogP contribution in [0.1, 0.15) is 32.1 Å². The van der Waals surface area contributed by atoms with Crippen LogP contribution in [0.2, 0.25) is 0 Å². The molecule has 38 heavy (non-hydrogen) atoms. The quantitative estimate of drug-likeness (QED) is 0.309. The highest BCUT2D eigenvalue weighted by Gasteiger charge is 2.22. The predicted octanol–water partition coefficient (Wildman–Crippen LogP) is 0.827. The summed E-state index contributed by atoms with van der Waals surface area (Å²) < 4.78 is 5.76. The number of pyridine rings is 2. The standard InChI is InChI=1S/C27H38N6O5/c28-24(35)18-32(14-16-38-26-11-6-10-23(31-26)22-9-4-5-12-29-22)20-27(37)33(13-15-34)19-25(36)30-17-21-7-2-1-3-8-21/h4-6,9-12,21,34H,1-3,7-8,13-20H2,(H2,28,35)(H,30,36). The summed E-state index contributed by atoms with van der Waals surface area (Å²) in [4.78, 5) is 48.7. The molecule has 4 N–H and O–H groups in total. The zero-order valence-electron chi connectivity index (χ0n) is 21.8. The van der Waals surface area contributed by atoms with Crippen molar-refractivity contribution in [1.82, 2.24) is 25.1 Å². The molecule has 3 rings (SSSR count). The summed E-state index contributed by atoms with van der Waals surface area (Å²) in [6.07, 6.45) is 7.49. The lowest BCUT2D eigenvalue weighted by atomic mass is 9.89. The van der Waals surface area contributed by atoms with Crippen LogP contribution in [0, 0.1) is 5.92 Å². The summed E-state index contributed by atoms with van der Waals surface area (Å²) in [5, 5.41) is 12.4. The number of rotatable bonds is 15. The SMILES string of the molecule is NC(=O)CN(CCOc1cccc(-c2ccccn2)n1)CC(=O)N(CCO)CC(=O)NCC1CCCCC1. The first kappa shape index (κ1) is 29.0. The van der Waals surface area contributed by atoms with Crippen molar-refractivity contribution in [3.05, 3.63) is 42.6 Å². The fourth-order valence-corrected chi connectivity index (χ4v) is 4.45. The maximum absolute atomic E-state index is 13.0. The van der Waals surface area contributed by atoms with Crippen LogP contribution in [0.4, 0.5) is 0 Å². The highest BCUT2D eigenvalue weighted by atomic mass is 16.5. The topological polar surface area (TPSA) is 151 Å². The molecule has 11 heteroatoms. The van der Waals surface area contributed by atoms with E-state index in [1.54, 1.807) is 17.2 Å². The first-order valence-corrected chi connectivity index (χ1v) is 13.1. The van der Waals surface area contributed by atoms with Gasteiger partial charge in [0.05, 0.1) is 37.6 Å². The molecular weight excluding hydrogens is 488 g/mol. The van der Waals surface area contributed by atoms with Crippen molar-refractivity contribution in [2.24, 2.45) is 11.7 Å². The van der Waals surface area contributed by atoms with Crippen LogP contribution < -0.4 is 15.8 Å². The number of hydrogen-bond acceptors (Lipinski definition) is 8. The highest BCUT2D eigenvalue weighted by molar-refractivity contribution is 5.86. The largest absolute Gasteiger partial charge is 0.476 e. The minimum absolute atomic E-state index is 0.0147. The van der Waals surface area contributed by atoms with E-state index < -0.39 is 5.91 Å². The first-order valence-electron chi connectivity index (χ1n) is 13.1. The number of hydrogen-bond donors (Lipinski definition) is 3. The predicted molar refractivity (Wildman–Crippen MR) is 142 cm³/mol. The number of primary amides is 1. The number of nitrogens with two attached hydrogens (primary N) is 1.